The first-order valence-corrected chi connectivity index (χ1v) is 7.45. The Hall–Kier alpha value is -2.08. The summed E-state index contributed by atoms with van der Waals surface area (Å²) in [5.74, 6) is 0.574. The molecule has 0 spiro atoms. The van der Waals surface area contributed by atoms with Gasteiger partial charge in [0.2, 0.25) is 0 Å². The van der Waals surface area contributed by atoms with Gasteiger partial charge in [0, 0.05) is 51.0 Å². The van der Waals surface area contributed by atoms with E-state index < -0.39 is 0 Å². The fourth-order valence-corrected chi connectivity index (χ4v) is 2.67. The maximum Gasteiger partial charge on any atom is 0.123 e. The molecule has 1 fully saturated rings. The molecule has 0 aliphatic carbocycles. The zero-order valence-electron chi connectivity index (χ0n) is 12.4. The predicted molar refractivity (Wildman–Crippen MR) is 84.0 cm³/mol. The van der Waals surface area contributed by atoms with Crippen LogP contribution in [-0.2, 0) is 13.1 Å². The third kappa shape index (κ3) is 3.33. The normalized spacial score (nSPS) is 16.3. The van der Waals surface area contributed by atoms with E-state index in [1.807, 2.05) is 29.2 Å². The molecule has 0 atom stereocenters. The average molecular weight is 286 g/mol. The number of hydrogen-bond acceptors (Lipinski definition) is 5. The molecule has 112 valence electrons. The van der Waals surface area contributed by atoms with Crippen molar-refractivity contribution >= 4 is 11.5 Å². The Morgan fingerprint density at radius 1 is 1.14 bits per heavy atom. The zero-order valence-corrected chi connectivity index (χ0v) is 12.4. The Morgan fingerprint density at radius 3 is 2.57 bits per heavy atom. The minimum atomic E-state index is 0.574. The van der Waals surface area contributed by atoms with Gasteiger partial charge < -0.3 is 10.6 Å². The lowest BCUT2D eigenvalue weighted by atomic mass is 10.2. The van der Waals surface area contributed by atoms with E-state index in [1.54, 1.807) is 0 Å². The largest absolute Gasteiger partial charge is 0.384 e. The third-order valence-electron chi connectivity index (χ3n) is 3.93. The van der Waals surface area contributed by atoms with Crippen LogP contribution in [-0.4, -0.2) is 45.8 Å². The molecule has 0 saturated carbocycles. The van der Waals surface area contributed by atoms with Crippen LogP contribution in [0.25, 0.3) is 0 Å². The van der Waals surface area contributed by atoms with Crippen LogP contribution < -0.4 is 10.6 Å². The zero-order chi connectivity index (χ0) is 14.7. The van der Waals surface area contributed by atoms with Crippen molar-refractivity contribution in [2.45, 2.75) is 20.0 Å². The molecule has 6 heteroatoms. The van der Waals surface area contributed by atoms with Crippen molar-refractivity contribution in [2.75, 3.05) is 36.8 Å². The first-order chi connectivity index (χ1) is 10.2. The highest BCUT2D eigenvalue weighted by Gasteiger charge is 2.17. The number of nitrogen functional groups attached to an aromatic ring is 1. The van der Waals surface area contributed by atoms with Gasteiger partial charge in [-0.2, -0.15) is 5.10 Å². The van der Waals surface area contributed by atoms with Crippen LogP contribution >= 0.6 is 0 Å². The number of nitrogens with two attached hydrogens (primary N) is 1. The number of aryl methyl sites for hydroxylation is 1. The molecule has 2 aromatic heterocycles. The van der Waals surface area contributed by atoms with Crippen LogP contribution in [0.15, 0.2) is 30.7 Å². The lowest BCUT2D eigenvalue weighted by molar-refractivity contribution is 0.250. The van der Waals surface area contributed by atoms with Gasteiger partial charge in [-0.1, -0.05) is 0 Å². The number of aromatic nitrogens is 3. The van der Waals surface area contributed by atoms with Crippen molar-refractivity contribution in [2.24, 2.45) is 0 Å². The summed E-state index contributed by atoms with van der Waals surface area (Å²) in [4.78, 5) is 8.99. The standard InChI is InChI=1S/C15H22N6/c1-2-21-12-13(9-18-21)11-19-5-7-20(8-6-19)14-3-4-15(16)17-10-14/h3-4,9-10,12H,2,5-8,11H2,1H3,(H2,16,17). The van der Waals surface area contributed by atoms with Crippen LogP contribution in [0.1, 0.15) is 12.5 Å². The maximum atomic E-state index is 5.63. The molecule has 3 heterocycles. The van der Waals surface area contributed by atoms with Gasteiger partial charge >= 0.3 is 0 Å². The van der Waals surface area contributed by atoms with Gasteiger partial charge in [0.25, 0.3) is 0 Å². The quantitative estimate of drug-likeness (QED) is 0.915. The van der Waals surface area contributed by atoms with Crippen LogP contribution in [0.4, 0.5) is 11.5 Å². The van der Waals surface area contributed by atoms with Gasteiger partial charge in [-0.25, -0.2) is 4.98 Å². The Bertz CT molecular complexity index is 568. The summed E-state index contributed by atoms with van der Waals surface area (Å²) in [6.45, 7) is 8.17. The number of nitrogens with zero attached hydrogens (tertiary/aromatic N) is 5. The molecular weight excluding hydrogens is 264 g/mol. The molecule has 0 unspecified atom stereocenters. The van der Waals surface area contributed by atoms with E-state index in [2.05, 4.69) is 33.0 Å². The number of anilines is 2. The first-order valence-electron chi connectivity index (χ1n) is 7.45. The summed E-state index contributed by atoms with van der Waals surface area (Å²) < 4.78 is 1.98. The predicted octanol–water partition coefficient (Wildman–Crippen LogP) is 1.20. The van der Waals surface area contributed by atoms with Crippen LogP contribution in [0.2, 0.25) is 0 Å². The van der Waals surface area contributed by atoms with Gasteiger partial charge in [-0.05, 0) is 19.1 Å². The molecule has 3 rings (SSSR count). The van der Waals surface area contributed by atoms with Crippen molar-refractivity contribution in [1.29, 1.82) is 0 Å². The van der Waals surface area contributed by atoms with Gasteiger partial charge in [0.15, 0.2) is 0 Å². The molecule has 0 radical (unpaired) electrons. The van der Waals surface area contributed by atoms with Gasteiger partial charge in [-0.3, -0.25) is 9.58 Å². The summed E-state index contributed by atoms with van der Waals surface area (Å²) in [5.41, 5.74) is 8.08. The number of piperazine rings is 1. The van der Waals surface area contributed by atoms with Crippen LogP contribution in [0.5, 0.6) is 0 Å². The number of rotatable bonds is 4. The smallest absolute Gasteiger partial charge is 0.123 e. The Balaban J connectivity index is 1.54. The summed E-state index contributed by atoms with van der Waals surface area (Å²) >= 11 is 0. The molecule has 6 nitrogen and oxygen atoms in total. The van der Waals surface area contributed by atoms with Gasteiger partial charge in [0.1, 0.15) is 5.82 Å². The van der Waals surface area contributed by atoms with Crippen molar-refractivity contribution in [3.05, 3.63) is 36.3 Å². The minimum Gasteiger partial charge on any atom is -0.384 e. The third-order valence-corrected chi connectivity index (χ3v) is 3.93. The van der Waals surface area contributed by atoms with Crippen LogP contribution in [0, 0.1) is 0 Å². The van der Waals surface area contributed by atoms with Gasteiger partial charge in [-0.15, -0.1) is 0 Å². The highest BCUT2D eigenvalue weighted by atomic mass is 15.3. The van der Waals surface area contributed by atoms with Crippen molar-refractivity contribution in [3.8, 4) is 0 Å². The number of hydrogen-bond donors (Lipinski definition) is 1. The van der Waals surface area contributed by atoms with E-state index in [9.17, 15) is 0 Å². The van der Waals surface area contributed by atoms with E-state index in [0.29, 0.717) is 5.82 Å². The lowest BCUT2D eigenvalue weighted by Crippen LogP contribution is -2.45. The summed E-state index contributed by atoms with van der Waals surface area (Å²) in [5, 5.41) is 4.33. The highest BCUT2D eigenvalue weighted by molar-refractivity contribution is 5.48. The van der Waals surface area contributed by atoms with Crippen molar-refractivity contribution < 1.29 is 0 Å². The summed E-state index contributed by atoms with van der Waals surface area (Å²) in [6, 6.07) is 3.91. The molecule has 1 aliphatic rings. The molecule has 21 heavy (non-hydrogen) atoms. The molecule has 0 aromatic carbocycles. The second-order valence-corrected chi connectivity index (χ2v) is 5.41. The molecular formula is C15H22N6. The van der Waals surface area contributed by atoms with E-state index in [1.165, 1.54) is 5.56 Å². The molecule has 2 aromatic rings. The average Bonchev–Trinajstić information content (AvgIpc) is 2.97. The summed E-state index contributed by atoms with van der Waals surface area (Å²) in [6.07, 6.45) is 5.96. The fourth-order valence-electron chi connectivity index (χ4n) is 2.67. The Morgan fingerprint density at radius 2 is 1.95 bits per heavy atom. The Kier molecular flexibility index (Phi) is 4.06. The maximum absolute atomic E-state index is 5.63. The SMILES string of the molecule is CCn1cc(CN2CCN(c3ccc(N)nc3)CC2)cn1. The monoisotopic (exact) mass is 286 g/mol. The summed E-state index contributed by atoms with van der Waals surface area (Å²) in [7, 11) is 0. The lowest BCUT2D eigenvalue weighted by Gasteiger charge is -2.35. The highest BCUT2D eigenvalue weighted by Crippen LogP contribution is 2.17. The fraction of sp³-hybridized carbons (Fsp3) is 0.467. The van der Waals surface area contributed by atoms with Crippen molar-refractivity contribution in [1.82, 2.24) is 19.7 Å². The van der Waals surface area contributed by atoms with E-state index >= 15 is 0 Å². The van der Waals surface area contributed by atoms with E-state index in [0.717, 1.165) is 45.0 Å². The van der Waals surface area contributed by atoms with E-state index in [-0.39, 0.29) is 0 Å². The van der Waals surface area contributed by atoms with Crippen LogP contribution in [0.3, 0.4) is 0 Å². The second-order valence-electron chi connectivity index (χ2n) is 5.41. The van der Waals surface area contributed by atoms with Gasteiger partial charge in [0.05, 0.1) is 18.1 Å². The Labute approximate surface area is 125 Å². The molecule has 1 saturated heterocycles. The van der Waals surface area contributed by atoms with E-state index in [4.69, 9.17) is 5.73 Å². The second kappa shape index (κ2) is 6.13. The first kappa shape index (κ1) is 13.9. The molecule has 0 amide bonds. The topological polar surface area (TPSA) is 63.2 Å². The number of pyridine rings is 1. The molecule has 1 aliphatic heterocycles. The van der Waals surface area contributed by atoms with Crippen molar-refractivity contribution in [3.63, 3.8) is 0 Å². The molecule has 0 bridgehead atoms. The minimum absolute atomic E-state index is 0.574. The molecule has 2 N–H and O–H groups in total.